The van der Waals surface area contributed by atoms with Gasteiger partial charge in [0.25, 0.3) is 5.91 Å². The molecule has 1 aliphatic heterocycles. The number of aryl methyl sites for hydroxylation is 1. The van der Waals surface area contributed by atoms with Crippen LogP contribution in [0.2, 0.25) is 0 Å². The summed E-state index contributed by atoms with van der Waals surface area (Å²) in [5.41, 5.74) is 2.82. The molecule has 2 heterocycles. The number of nitriles is 1. The van der Waals surface area contributed by atoms with Crippen molar-refractivity contribution in [3.63, 3.8) is 0 Å². The van der Waals surface area contributed by atoms with Gasteiger partial charge in [0, 0.05) is 4.88 Å². The lowest BCUT2D eigenvalue weighted by Crippen LogP contribution is -2.09. The average Bonchev–Trinajstić information content (AvgIpc) is 3.06. The van der Waals surface area contributed by atoms with E-state index in [1.165, 1.54) is 11.3 Å². The summed E-state index contributed by atoms with van der Waals surface area (Å²) in [5, 5.41) is 13.6. The van der Waals surface area contributed by atoms with Crippen molar-refractivity contribution in [3.8, 4) is 6.07 Å². The van der Waals surface area contributed by atoms with Gasteiger partial charge in [0.15, 0.2) is 11.4 Å². The fraction of sp³-hybridized carbons (Fsp3) is 0.333. The number of rotatable bonds is 5. The van der Waals surface area contributed by atoms with Crippen molar-refractivity contribution in [1.29, 1.82) is 5.26 Å². The summed E-state index contributed by atoms with van der Waals surface area (Å²) >= 11 is 2.37. The number of aliphatic imine (C=N–C) groups is 1. The highest BCUT2D eigenvalue weighted by molar-refractivity contribution is 8.16. The van der Waals surface area contributed by atoms with Gasteiger partial charge in [-0.25, -0.2) is 14.8 Å². The molecule has 1 amide bonds. The second kappa shape index (κ2) is 7.15. The summed E-state index contributed by atoms with van der Waals surface area (Å²) in [4.78, 5) is 31.2. The first kappa shape index (κ1) is 16.1. The third-order valence-electron chi connectivity index (χ3n) is 2.40. The summed E-state index contributed by atoms with van der Waals surface area (Å²) in [6.45, 7) is 3.71. The zero-order valence-electron chi connectivity index (χ0n) is 11.7. The van der Waals surface area contributed by atoms with Gasteiger partial charge in [-0.15, -0.1) is 0 Å². The molecule has 10 heteroatoms. The Morgan fingerprint density at radius 1 is 1.59 bits per heavy atom. The second-order valence-corrected chi connectivity index (χ2v) is 6.09. The normalized spacial score (nSPS) is 14.5. The van der Waals surface area contributed by atoms with Crippen LogP contribution in [0.5, 0.6) is 0 Å². The Bertz CT molecular complexity index is 717. The number of esters is 1. The molecular weight excluding hydrogens is 326 g/mol. The Hall–Kier alpha value is -2.25. The number of anilines is 1. The van der Waals surface area contributed by atoms with Gasteiger partial charge in [0.05, 0.1) is 12.4 Å². The van der Waals surface area contributed by atoms with Gasteiger partial charge >= 0.3 is 5.97 Å². The van der Waals surface area contributed by atoms with Crippen LogP contribution in [0.3, 0.4) is 0 Å². The molecule has 0 fully saturated rings. The highest BCUT2D eigenvalue weighted by Gasteiger charge is 2.20. The molecule has 0 saturated heterocycles. The maximum absolute atomic E-state index is 11.7. The van der Waals surface area contributed by atoms with Crippen LogP contribution in [0.15, 0.2) is 10.1 Å². The van der Waals surface area contributed by atoms with E-state index >= 15 is 0 Å². The molecule has 0 aliphatic carbocycles. The number of aromatic nitrogens is 1. The van der Waals surface area contributed by atoms with Gasteiger partial charge in [0.1, 0.15) is 11.1 Å². The SMILES string of the molecule is CCOC(=O)c1nc(NN=C(C#N)C2=NC(=O)CS2)sc1C. The van der Waals surface area contributed by atoms with E-state index in [0.717, 1.165) is 11.8 Å². The van der Waals surface area contributed by atoms with Gasteiger partial charge in [-0.2, -0.15) is 10.4 Å². The molecule has 1 N–H and O–H groups in total. The Kier molecular flexibility index (Phi) is 5.24. The smallest absolute Gasteiger partial charge is 0.358 e. The van der Waals surface area contributed by atoms with E-state index in [2.05, 4.69) is 20.5 Å². The first-order chi connectivity index (χ1) is 10.5. The van der Waals surface area contributed by atoms with E-state index in [1.807, 2.05) is 6.07 Å². The first-order valence-electron chi connectivity index (χ1n) is 6.18. The van der Waals surface area contributed by atoms with Crippen molar-refractivity contribution in [1.82, 2.24) is 4.98 Å². The van der Waals surface area contributed by atoms with Crippen LogP contribution in [0, 0.1) is 18.3 Å². The average molecular weight is 337 g/mol. The van der Waals surface area contributed by atoms with Crippen LogP contribution in [-0.2, 0) is 9.53 Å². The van der Waals surface area contributed by atoms with Crippen LogP contribution >= 0.6 is 23.1 Å². The van der Waals surface area contributed by atoms with Crippen LogP contribution in [0.1, 0.15) is 22.3 Å². The van der Waals surface area contributed by atoms with Gasteiger partial charge in [-0.1, -0.05) is 23.1 Å². The third-order valence-corrected chi connectivity index (χ3v) is 4.22. The molecule has 0 aromatic carbocycles. The zero-order chi connectivity index (χ0) is 16.1. The number of amides is 1. The topological polar surface area (TPSA) is 117 Å². The quantitative estimate of drug-likeness (QED) is 0.492. The number of thioether (sulfide) groups is 1. The Balaban J connectivity index is 2.14. The number of nitrogens with zero attached hydrogens (tertiary/aromatic N) is 4. The monoisotopic (exact) mass is 337 g/mol. The molecule has 0 unspecified atom stereocenters. The highest BCUT2D eigenvalue weighted by atomic mass is 32.2. The minimum atomic E-state index is -0.505. The maximum atomic E-state index is 11.7. The second-order valence-electron chi connectivity index (χ2n) is 3.93. The largest absolute Gasteiger partial charge is 0.461 e. The molecule has 1 aromatic heterocycles. The van der Waals surface area contributed by atoms with Crippen LogP contribution in [-0.4, -0.2) is 40.0 Å². The van der Waals surface area contributed by atoms with Crippen LogP contribution in [0.25, 0.3) is 0 Å². The van der Waals surface area contributed by atoms with Gasteiger partial charge in [-0.3, -0.25) is 10.2 Å². The van der Waals surface area contributed by atoms with Gasteiger partial charge in [-0.05, 0) is 13.8 Å². The molecule has 8 nitrogen and oxygen atoms in total. The van der Waals surface area contributed by atoms with E-state index in [1.54, 1.807) is 13.8 Å². The predicted octanol–water partition coefficient (Wildman–Crippen LogP) is 1.59. The molecule has 0 saturated carbocycles. The summed E-state index contributed by atoms with van der Waals surface area (Å²) < 4.78 is 4.89. The Morgan fingerprint density at radius 2 is 2.36 bits per heavy atom. The summed E-state index contributed by atoms with van der Waals surface area (Å²) in [6, 6.07) is 1.87. The number of hydrogen-bond donors (Lipinski definition) is 1. The zero-order valence-corrected chi connectivity index (χ0v) is 13.4. The summed E-state index contributed by atoms with van der Waals surface area (Å²) in [5.74, 6) is -0.591. The van der Waals surface area contributed by atoms with E-state index in [-0.39, 0.29) is 34.7 Å². The first-order valence-corrected chi connectivity index (χ1v) is 7.98. The molecule has 2 rings (SSSR count). The van der Waals surface area contributed by atoms with Crippen molar-refractivity contribution in [3.05, 3.63) is 10.6 Å². The number of hydrogen-bond acceptors (Lipinski definition) is 9. The Morgan fingerprint density at radius 3 is 2.95 bits per heavy atom. The van der Waals surface area contributed by atoms with E-state index in [0.29, 0.717) is 10.0 Å². The minimum absolute atomic E-state index is 0.00128. The molecular formula is C12H11N5O3S2. The van der Waals surface area contributed by atoms with Crippen molar-refractivity contribution in [2.75, 3.05) is 17.8 Å². The van der Waals surface area contributed by atoms with E-state index in [4.69, 9.17) is 10.00 Å². The number of carbonyl (C=O) groups excluding carboxylic acids is 2. The third kappa shape index (κ3) is 3.69. The van der Waals surface area contributed by atoms with E-state index in [9.17, 15) is 9.59 Å². The lowest BCUT2D eigenvalue weighted by molar-refractivity contribution is -0.115. The maximum Gasteiger partial charge on any atom is 0.358 e. The fourth-order valence-electron chi connectivity index (χ4n) is 1.49. The summed E-state index contributed by atoms with van der Waals surface area (Å²) in [6.07, 6.45) is 0. The number of ether oxygens (including phenoxy) is 1. The van der Waals surface area contributed by atoms with Crippen molar-refractivity contribution >= 4 is 50.9 Å². The molecule has 1 aromatic rings. The number of carbonyl (C=O) groups is 2. The van der Waals surface area contributed by atoms with E-state index < -0.39 is 5.97 Å². The van der Waals surface area contributed by atoms with Gasteiger partial charge in [0.2, 0.25) is 5.13 Å². The van der Waals surface area contributed by atoms with Crippen LogP contribution in [0.4, 0.5) is 5.13 Å². The number of thiazole rings is 1. The molecule has 1 aliphatic rings. The van der Waals surface area contributed by atoms with Crippen molar-refractivity contribution < 1.29 is 14.3 Å². The van der Waals surface area contributed by atoms with Crippen molar-refractivity contribution in [2.24, 2.45) is 10.1 Å². The molecule has 114 valence electrons. The molecule has 0 atom stereocenters. The number of nitrogens with one attached hydrogen (secondary N) is 1. The standard InChI is InChI=1S/C12H11N5O3S2/c1-3-20-11(19)9-6(2)22-12(15-9)17-16-7(4-13)10-14-8(18)5-21-10/h3,5H2,1-2H3,(H,15,17). The summed E-state index contributed by atoms with van der Waals surface area (Å²) in [7, 11) is 0. The predicted molar refractivity (Wildman–Crippen MR) is 84.4 cm³/mol. The molecule has 0 radical (unpaired) electrons. The number of hydrazone groups is 1. The fourth-order valence-corrected chi connectivity index (χ4v) is 2.95. The lowest BCUT2D eigenvalue weighted by Gasteiger charge is -1.98. The highest BCUT2D eigenvalue weighted by Crippen LogP contribution is 2.23. The van der Waals surface area contributed by atoms with Crippen molar-refractivity contribution in [2.45, 2.75) is 13.8 Å². The van der Waals surface area contributed by atoms with Crippen LogP contribution < -0.4 is 5.43 Å². The lowest BCUT2D eigenvalue weighted by atomic mass is 10.4. The molecule has 0 bridgehead atoms. The molecule has 0 spiro atoms. The minimum Gasteiger partial charge on any atom is -0.461 e. The van der Waals surface area contributed by atoms with Gasteiger partial charge < -0.3 is 4.74 Å². The molecule has 22 heavy (non-hydrogen) atoms. The Labute approximate surface area is 134 Å².